The predicted molar refractivity (Wildman–Crippen MR) is 116 cm³/mol. The Hall–Kier alpha value is -2.34. The molecule has 0 aliphatic heterocycles. The summed E-state index contributed by atoms with van der Waals surface area (Å²) in [6.45, 7) is 10.7. The van der Waals surface area contributed by atoms with Gasteiger partial charge >= 0.3 is 0 Å². The molecule has 0 aromatic heterocycles. The zero-order valence-electron chi connectivity index (χ0n) is 16.4. The van der Waals surface area contributed by atoms with Crippen LogP contribution < -0.4 is 0 Å². The number of hydrogen-bond acceptors (Lipinski definition) is 0. The minimum absolute atomic E-state index is 0.552. The highest BCUT2D eigenvalue weighted by Gasteiger charge is 2.19. The summed E-state index contributed by atoms with van der Waals surface area (Å²) in [5, 5.41) is 0. The van der Waals surface area contributed by atoms with Gasteiger partial charge in [0.05, 0.1) is 0 Å². The highest BCUT2D eigenvalue weighted by Crippen LogP contribution is 2.34. The molecule has 0 spiro atoms. The highest BCUT2D eigenvalue weighted by atomic mass is 14.2. The summed E-state index contributed by atoms with van der Waals surface area (Å²) >= 11 is 0. The van der Waals surface area contributed by atoms with E-state index in [1.165, 1.54) is 29.5 Å². The molecule has 0 fully saturated rings. The van der Waals surface area contributed by atoms with Gasteiger partial charge in [-0.15, -0.1) is 0 Å². The average molecular weight is 345 g/mol. The third-order valence-electron chi connectivity index (χ3n) is 5.26. The molecular weight excluding hydrogens is 312 g/mol. The van der Waals surface area contributed by atoms with E-state index in [2.05, 4.69) is 100 Å². The Kier molecular flexibility index (Phi) is 8.15. The molecule has 0 radical (unpaired) electrons. The summed E-state index contributed by atoms with van der Waals surface area (Å²) in [5.41, 5.74) is 4.31. The lowest BCUT2D eigenvalue weighted by Gasteiger charge is -2.25. The van der Waals surface area contributed by atoms with E-state index in [0.29, 0.717) is 17.8 Å². The first-order valence-corrected chi connectivity index (χ1v) is 9.67. The lowest BCUT2D eigenvalue weighted by Crippen LogP contribution is -2.11. The maximum absolute atomic E-state index is 3.76. The number of benzene rings is 2. The van der Waals surface area contributed by atoms with Gasteiger partial charge in [-0.2, -0.15) is 0 Å². The van der Waals surface area contributed by atoms with Gasteiger partial charge in [0.25, 0.3) is 0 Å². The molecule has 2 aromatic rings. The predicted octanol–water partition coefficient (Wildman–Crippen LogP) is 7.68. The van der Waals surface area contributed by atoms with Crippen LogP contribution in [0.15, 0.2) is 97.1 Å². The van der Waals surface area contributed by atoms with Crippen molar-refractivity contribution in [2.75, 3.05) is 0 Å². The van der Waals surface area contributed by atoms with Crippen LogP contribution in [0.2, 0.25) is 0 Å². The van der Waals surface area contributed by atoms with Crippen LogP contribution in [0.5, 0.6) is 0 Å². The standard InChI is InChI=1S/C26H32/c1-5-6-9-14-21(2)26(19-22(3)24-15-10-7-11-16-24)20-23(4)25-17-12-8-13-18-25/h5-18,22-23,26H,1,19-20H2,2-4H3. The van der Waals surface area contributed by atoms with Gasteiger partial charge in [0.1, 0.15) is 0 Å². The number of rotatable bonds is 9. The van der Waals surface area contributed by atoms with E-state index in [9.17, 15) is 0 Å². The molecule has 0 nitrogen and oxygen atoms in total. The Morgan fingerprint density at radius 2 is 1.27 bits per heavy atom. The van der Waals surface area contributed by atoms with Gasteiger partial charge in [-0.1, -0.05) is 111 Å². The largest absolute Gasteiger partial charge is 0.0991 e. The van der Waals surface area contributed by atoms with E-state index in [1.54, 1.807) is 0 Å². The second-order valence-corrected chi connectivity index (χ2v) is 7.32. The Morgan fingerprint density at radius 1 is 0.808 bits per heavy atom. The minimum atomic E-state index is 0.552. The lowest BCUT2D eigenvalue weighted by molar-refractivity contribution is 0.443. The van der Waals surface area contributed by atoms with Crippen molar-refractivity contribution in [1.29, 1.82) is 0 Å². The van der Waals surface area contributed by atoms with Crippen LogP contribution in [0, 0.1) is 5.92 Å². The van der Waals surface area contributed by atoms with Crippen LogP contribution in [0.1, 0.15) is 56.6 Å². The van der Waals surface area contributed by atoms with Crippen LogP contribution in [0.3, 0.4) is 0 Å². The molecule has 0 heteroatoms. The number of hydrogen-bond donors (Lipinski definition) is 0. The van der Waals surface area contributed by atoms with Crippen LogP contribution >= 0.6 is 0 Å². The van der Waals surface area contributed by atoms with Gasteiger partial charge in [0.2, 0.25) is 0 Å². The molecule has 0 aliphatic rings. The van der Waals surface area contributed by atoms with Gasteiger partial charge < -0.3 is 0 Å². The molecule has 0 aliphatic carbocycles. The van der Waals surface area contributed by atoms with Crippen molar-refractivity contribution in [2.45, 2.75) is 45.4 Å². The monoisotopic (exact) mass is 344 g/mol. The average Bonchev–Trinajstić information content (AvgIpc) is 2.68. The van der Waals surface area contributed by atoms with Crippen molar-refractivity contribution >= 4 is 0 Å². The van der Waals surface area contributed by atoms with Crippen molar-refractivity contribution in [3.8, 4) is 0 Å². The summed E-state index contributed by atoms with van der Waals surface area (Å²) < 4.78 is 0. The highest BCUT2D eigenvalue weighted by molar-refractivity contribution is 5.23. The molecule has 2 rings (SSSR count). The van der Waals surface area contributed by atoms with E-state index in [-0.39, 0.29) is 0 Å². The van der Waals surface area contributed by atoms with Crippen molar-refractivity contribution in [1.82, 2.24) is 0 Å². The zero-order chi connectivity index (χ0) is 18.8. The third kappa shape index (κ3) is 6.19. The second-order valence-electron chi connectivity index (χ2n) is 7.32. The third-order valence-corrected chi connectivity index (χ3v) is 5.26. The summed E-state index contributed by atoms with van der Waals surface area (Å²) in [4.78, 5) is 0. The maximum atomic E-state index is 3.76. The van der Waals surface area contributed by atoms with Gasteiger partial charge in [-0.25, -0.2) is 0 Å². The molecule has 0 amide bonds. The summed E-state index contributed by atoms with van der Waals surface area (Å²) in [6.07, 6.45) is 10.5. The van der Waals surface area contributed by atoms with Gasteiger partial charge in [0, 0.05) is 0 Å². The second kappa shape index (κ2) is 10.6. The fourth-order valence-electron chi connectivity index (χ4n) is 3.58. The molecule has 136 valence electrons. The molecule has 2 unspecified atom stereocenters. The quantitative estimate of drug-likeness (QED) is 0.409. The Labute approximate surface area is 160 Å². The molecule has 0 bridgehead atoms. The molecular formula is C26H32. The lowest BCUT2D eigenvalue weighted by atomic mass is 9.79. The molecule has 2 atom stereocenters. The fourth-order valence-corrected chi connectivity index (χ4v) is 3.58. The first-order chi connectivity index (χ1) is 12.6. The van der Waals surface area contributed by atoms with E-state index >= 15 is 0 Å². The topological polar surface area (TPSA) is 0 Å². The van der Waals surface area contributed by atoms with E-state index in [0.717, 1.165) is 0 Å². The van der Waals surface area contributed by atoms with E-state index in [1.807, 2.05) is 12.2 Å². The van der Waals surface area contributed by atoms with Gasteiger partial charge in [-0.05, 0) is 48.6 Å². The molecule has 2 aromatic carbocycles. The SMILES string of the molecule is C=CC=CC=C(C)C(CC(C)c1ccccc1)CC(C)c1ccccc1. The normalized spacial score (nSPS) is 15.6. The molecule has 0 saturated carbocycles. The van der Waals surface area contributed by atoms with Crippen LogP contribution in [-0.2, 0) is 0 Å². The number of allylic oxidation sites excluding steroid dienone is 5. The molecule has 0 saturated heterocycles. The van der Waals surface area contributed by atoms with Crippen molar-refractivity contribution in [2.24, 2.45) is 5.92 Å². The Bertz CT molecular complexity index is 659. The minimum Gasteiger partial charge on any atom is -0.0991 e. The van der Waals surface area contributed by atoms with Crippen molar-refractivity contribution in [3.63, 3.8) is 0 Å². The van der Waals surface area contributed by atoms with Crippen LogP contribution in [0.4, 0.5) is 0 Å². The smallest absolute Gasteiger partial charge is 0.0185 e. The first kappa shape index (κ1) is 20.0. The van der Waals surface area contributed by atoms with Crippen LogP contribution in [-0.4, -0.2) is 0 Å². The summed E-state index contributed by atoms with van der Waals surface area (Å²) in [6, 6.07) is 21.8. The Balaban J connectivity index is 2.16. The Morgan fingerprint density at radius 3 is 1.69 bits per heavy atom. The first-order valence-electron chi connectivity index (χ1n) is 9.67. The summed E-state index contributed by atoms with van der Waals surface area (Å²) in [5.74, 6) is 1.67. The van der Waals surface area contributed by atoms with Crippen molar-refractivity contribution < 1.29 is 0 Å². The van der Waals surface area contributed by atoms with E-state index < -0.39 is 0 Å². The summed E-state index contributed by atoms with van der Waals surface area (Å²) in [7, 11) is 0. The molecule has 0 heterocycles. The van der Waals surface area contributed by atoms with Gasteiger partial charge in [-0.3, -0.25) is 0 Å². The maximum Gasteiger partial charge on any atom is -0.0185 e. The van der Waals surface area contributed by atoms with Crippen LogP contribution in [0.25, 0.3) is 0 Å². The van der Waals surface area contributed by atoms with E-state index in [4.69, 9.17) is 0 Å². The van der Waals surface area contributed by atoms with Crippen molar-refractivity contribution in [3.05, 3.63) is 108 Å². The van der Waals surface area contributed by atoms with Gasteiger partial charge in [0.15, 0.2) is 0 Å². The molecule has 0 N–H and O–H groups in total. The molecule has 26 heavy (non-hydrogen) atoms. The zero-order valence-corrected chi connectivity index (χ0v) is 16.4. The fraction of sp³-hybridized carbons (Fsp3) is 0.308.